The number of allylic oxidation sites excluding steroid dienone is 1. The molecule has 4 rings (SSSR count). The van der Waals surface area contributed by atoms with Crippen molar-refractivity contribution in [3.8, 4) is 11.8 Å². The summed E-state index contributed by atoms with van der Waals surface area (Å²) in [5, 5.41) is 8.92. The van der Waals surface area contributed by atoms with Crippen LogP contribution in [0.5, 0.6) is 5.75 Å². The Labute approximate surface area is 175 Å². The molecule has 0 aromatic heterocycles. The standard InChI is InChI=1S/C26H33NO2/c1-2-18-6-10-20(11-7-18)21-12-15-24-22(16-21)4-3-5-25(24)26(28)29-23-13-8-19(17-27)9-14-23/h2,8-9,13-14,18,20-22,24-25H,1,3-7,10-12,15-16H2. The lowest BCUT2D eigenvalue weighted by Crippen LogP contribution is -2.40. The van der Waals surface area contributed by atoms with E-state index in [2.05, 4.69) is 18.7 Å². The molecule has 3 aliphatic carbocycles. The third kappa shape index (κ3) is 4.58. The molecule has 1 aromatic carbocycles. The van der Waals surface area contributed by atoms with Crippen LogP contribution < -0.4 is 4.74 Å². The highest BCUT2D eigenvalue weighted by Gasteiger charge is 2.43. The summed E-state index contributed by atoms with van der Waals surface area (Å²) in [6.45, 7) is 3.98. The molecule has 3 aliphatic rings. The van der Waals surface area contributed by atoms with E-state index in [9.17, 15) is 4.79 Å². The minimum atomic E-state index is -0.0608. The summed E-state index contributed by atoms with van der Waals surface area (Å²) >= 11 is 0. The summed E-state index contributed by atoms with van der Waals surface area (Å²) in [5.41, 5.74) is 0.586. The number of nitrogens with zero attached hydrogens (tertiary/aromatic N) is 1. The summed E-state index contributed by atoms with van der Waals surface area (Å²) in [7, 11) is 0. The van der Waals surface area contributed by atoms with E-state index in [1.165, 1.54) is 51.4 Å². The highest BCUT2D eigenvalue weighted by Crippen LogP contribution is 2.50. The molecule has 3 heteroatoms. The van der Waals surface area contributed by atoms with Gasteiger partial charge in [-0.1, -0.05) is 18.9 Å². The molecule has 0 radical (unpaired) electrons. The Balaban J connectivity index is 1.35. The molecule has 29 heavy (non-hydrogen) atoms. The van der Waals surface area contributed by atoms with Crippen LogP contribution in [0.4, 0.5) is 0 Å². The number of nitriles is 1. The normalized spacial score (nSPS) is 34.4. The summed E-state index contributed by atoms with van der Waals surface area (Å²) in [5.74, 6) is 4.21. The van der Waals surface area contributed by atoms with Gasteiger partial charge in [0.25, 0.3) is 0 Å². The molecule has 154 valence electrons. The van der Waals surface area contributed by atoms with E-state index >= 15 is 0 Å². The quantitative estimate of drug-likeness (QED) is 0.344. The Hall–Kier alpha value is -2.08. The van der Waals surface area contributed by atoms with Gasteiger partial charge in [0.1, 0.15) is 5.75 Å². The zero-order valence-electron chi connectivity index (χ0n) is 17.4. The van der Waals surface area contributed by atoms with Gasteiger partial charge in [0.15, 0.2) is 0 Å². The molecule has 0 heterocycles. The predicted molar refractivity (Wildman–Crippen MR) is 114 cm³/mol. The first-order valence-electron chi connectivity index (χ1n) is 11.5. The first-order valence-corrected chi connectivity index (χ1v) is 11.5. The average Bonchev–Trinajstić information content (AvgIpc) is 2.78. The van der Waals surface area contributed by atoms with Crippen molar-refractivity contribution < 1.29 is 9.53 Å². The third-order valence-electron chi connectivity index (χ3n) is 8.01. The van der Waals surface area contributed by atoms with Crippen LogP contribution in [0.3, 0.4) is 0 Å². The fourth-order valence-electron chi connectivity index (χ4n) is 6.36. The Morgan fingerprint density at radius 3 is 2.38 bits per heavy atom. The van der Waals surface area contributed by atoms with Gasteiger partial charge in [0.2, 0.25) is 0 Å². The second kappa shape index (κ2) is 9.16. The van der Waals surface area contributed by atoms with E-state index in [0.29, 0.717) is 23.1 Å². The lowest BCUT2D eigenvalue weighted by Gasteiger charge is -2.45. The minimum absolute atomic E-state index is 0.0434. The van der Waals surface area contributed by atoms with Crippen LogP contribution in [0.2, 0.25) is 0 Å². The van der Waals surface area contributed by atoms with Crippen LogP contribution >= 0.6 is 0 Å². The molecule has 0 saturated heterocycles. The lowest BCUT2D eigenvalue weighted by atomic mass is 9.59. The first kappa shape index (κ1) is 20.2. The number of hydrogen-bond donors (Lipinski definition) is 0. The van der Waals surface area contributed by atoms with Crippen molar-refractivity contribution in [1.29, 1.82) is 5.26 Å². The molecule has 3 fully saturated rings. The van der Waals surface area contributed by atoms with Crippen LogP contribution in [0, 0.1) is 46.8 Å². The fraction of sp³-hybridized carbons (Fsp3) is 0.615. The van der Waals surface area contributed by atoms with Gasteiger partial charge in [-0.15, -0.1) is 6.58 Å². The van der Waals surface area contributed by atoms with Gasteiger partial charge in [0, 0.05) is 0 Å². The Morgan fingerprint density at radius 1 is 0.966 bits per heavy atom. The number of carbonyl (C=O) groups is 1. The van der Waals surface area contributed by atoms with Crippen molar-refractivity contribution in [2.75, 3.05) is 0 Å². The molecule has 0 bridgehead atoms. The molecule has 0 spiro atoms. The first-order chi connectivity index (χ1) is 14.2. The Morgan fingerprint density at radius 2 is 1.69 bits per heavy atom. The molecule has 0 N–H and O–H groups in total. The molecule has 0 amide bonds. The molecule has 1 aromatic rings. The molecular formula is C26H33NO2. The molecular weight excluding hydrogens is 358 g/mol. The van der Waals surface area contributed by atoms with Crippen molar-refractivity contribution in [1.82, 2.24) is 0 Å². The highest BCUT2D eigenvalue weighted by molar-refractivity contribution is 5.75. The van der Waals surface area contributed by atoms with E-state index in [-0.39, 0.29) is 11.9 Å². The zero-order chi connectivity index (χ0) is 20.2. The van der Waals surface area contributed by atoms with Gasteiger partial charge in [-0.3, -0.25) is 4.79 Å². The number of hydrogen-bond acceptors (Lipinski definition) is 3. The molecule has 0 aliphatic heterocycles. The van der Waals surface area contributed by atoms with E-state index in [0.717, 1.165) is 30.6 Å². The summed E-state index contributed by atoms with van der Waals surface area (Å²) in [4.78, 5) is 12.9. The molecule has 4 unspecified atom stereocenters. The van der Waals surface area contributed by atoms with E-state index in [1.54, 1.807) is 24.3 Å². The predicted octanol–water partition coefficient (Wildman–Crippen LogP) is 6.29. The van der Waals surface area contributed by atoms with Gasteiger partial charge < -0.3 is 4.74 Å². The van der Waals surface area contributed by atoms with Crippen molar-refractivity contribution in [2.45, 2.75) is 64.2 Å². The van der Waals surface area contributed by atoms with Crippen LogP contribution in [0.1, 0.15) is 69.8 Å². The van der Waals surface area contributed by atoms with E-state index in [1.807, 2.05) is 0 Å². The van der Waals surface area contributed by atoms with E-state index < -0.39 is 0 Å². The SMILES string of the molecule is C=CC1CCC(C2CCC3C(CCCC3C(=O)Oc3ccc(C#N)cc3)C2)CC1. The van der Waals surface area contributed by atoms with Crippen LogP contribution in [-0.2, 0) is 4.79 Å². The Kier molecular flexibility index (Phi) is 6.38. The number of benzene rings is 1. The van der Waals surface area contributed by atoms with Crippen LogP contribution in [-0.4, -0.2) is 5.97 Å². The largest absolute Gasteiger partial charge is 0.426 e. The lowest BCUT2D eigenvalue weighted by molar-refractivity contribution is -0.144. The topological polar surface area (TPSA) is 50.1 Å². The minimum Gasteiger partial charge on any atom is -0.426 e. The number of carbonyl (C=O) groups excluding carboxylic acids is 1. The summed E-state index contributed by atoms with van der Waals surface area (Å²) < 4.78 is 5.71. The molecule has 3 saturated carbocycles. The number of ether oxygens (including phenoxy) is 1. The summed E-state index contributed by atoms with van der Waals surface area (Å²) in [6, 6.07) is 8.97. The van der Waals surface area contributed by atoms with Crippen LogP contribution in [0.25, 0.3) is 0 Å². The van der Waals surface area contributed by atoms with Crippen molar-refractivity contribution in [3.63, 3.8) is 0 Å². The molecule has 3 nitrogen and oxygen atoms in total. The van der Waals surface area contributed by atoms with Gasteiger partial charge in [-0.05, 0) is 105 Å². The van der Waals surface area contributed by atoms with Crippen molar-refractivity contribution in [2.24, 2.45) is 35.5 Å². The highest BCUT2D eigenvalue weighted by atomic mass is 16.5. The fourth-order valence-corrected chi connectivity index (χ4v) is 6.36. The summed E-state index contributed by atoms with van der Waals surface area (Å²) in [6.07, 6.45) is 14.7. The van der Waals surface area contributed by atoms with Gasteiger partial charge in [-0.2, -0.15) is 5.26 Å². The van der Waals surface area contributed by atoms with Crippen molar-refractivity contribution >= 4 is 5.97 Å². The monoisotopic (exact) mass is 391 g/mol. The second-order valence-corrected chi connectivity index (χ2v) is 9.50. The zero-order valence-corrected chi connectivity index (χ0v) is 17.4. The van der Waals surface area contributed by atoms with Gasteiger partial charge >= 0.3 is 5.97 Å². The van der Waals surface area contributed by atoms with Gasteiger partial charge in [-0.25, -0.2) is 0 Å². The maximum atomic E-state index is 12.9. The van der Waals surface area contributed by atoms with Crippen molar-refractivity contribution in [3.05, 3.63) is 42.5 Å². The van der Waals surface area contributed by atoms with Crippen LogP contribution in [0.15, 0.2) is 36.9 Å². The average molecular weight is 392 g/mol. The third-order valence-corrected chi connectivity index (χ3v) is 8.01. The van der Waals surface area contributed by atoms with E-state index in [4.69, 9.17) is 10.00 Å². The number of fused-ring (bicyclic) bond motifs is 1. The maximum Gasteiger partial charge on any atom is 0.314 e. The molecule has 4 atom stereocenters. The second-order valence-electron chi connectivity index (χ2n) is 9.50. The number of rotatable bonds is 4. The number of esters is 1. The Bertz CT molecular complexity index is 754. The smallest absolute Gasteiger partial charge is 0.314 e. The maximum absolute atomic E-state index is 12.9. The van der Waals surface area contributed by atoms with Gasteiger partial charge in [0.05, 0.1) is 17.6 Å².